The lowest BCUT2D eigenvalue weighted by Crippen LogP contribution is -2.25. The second kappa shape index (κ2) is 8.16. The van der Waals surface area contributed by atoms with Crippen LogP contribution in [-0.2, 0) is 6.42 Å². The average Bonchev–Trinajstić information content (AvgIpc) is 3.05. The lowest BCUT2D eigenvalue weighted by Gasteiger charge is -2.08. The Morgan fingerprint density at radius 2 is 1.96 bits per heavy atom. The van der Waals surface area contributed by atoms with Gasteiger partial charge in [-0.05, 0) is 56.5 Å². The molecule has 0 unspecified atom stereocenters. The molecule has 3 rings (SSSR count). The molecule has 1 aromatic heterocycles. The number of aryl methyl sites for hydroxylation is 1. The van der Waals surface area contributed by atoms with Gasteiger partial charge in [0, 0.05) is 29.9 Å². The van der Waals surface area contributed by atoms with E-state index < -0.39 is 0 Å². The molecule has 27 heavy (non-hydrogen) atoms. The highest BCUT2D eigenvalue weighted by atomic mass is 19.1. The number of carbonyl (C=O) groups is 1. The van der Waals surface area contributed by atoms with Gasteiger partial charge in [0.1, 0.15) is 5.82 Å². The number of aromatic nitrogens is 2. The summed E-state index contributed by atoms with van der Waals surface area (Å²) in [7, 11) is 0. The van der Waals surface area contributed by atoms with Gasteiger partial charge >= 0.3 is 0 Å². The molecule has 0 spiro atoms. The Kier molecular flexibility index (Phi) is 5.69. The van der Waals surface area contributed by atoms with Gasteiger partial charge in [0.2, 0.25) is 0 Å². The van der Waals surface area contributed by atoms with Crippen LogP contribution < -0.4 is 5.32 Å². The number of carbonyl (C=O) groups excluding carboxylic acids is 1. The lowest BCUT2D eigenvalue weighted by atomic mass is 10.0. The van der Waals surface area contributed by atoms with E-state index in [0.717, 1.165) is 16.8 Å². The summed E-state index contributed by atoms with van der Waals surface area (Å²) in [4.78, 5) is 12.5. The number of rotatable bonds is 6. The fourth-order valence-electron chi connectivity index (χ4n) is 2.97. The van der Waals surface area contributed by atoms with Crippen LogP contribution in [0.3, 0.4) is 0 Å². The Morgan fingerprint density at radius 1 is 1.19 bits per heavy atom. The zero-order valence-corrected chi connectivity index (χ0v) is 15.9. The van der Waals surface area contributed by atoms with Gasteiger partial charge in [0.15, 0.2) is 0 Å². The molecule has 4 nitrogen and oxygen atoms in total. The second-order valence-electron chi connectivity index (χ2n) is 6.88. The van der Waals surface area contributed by atoms with Gasteiger partial charge in [0.25, 0.3) is 5.91 Å². The van der Waals surface area contributed by atoms with Crippen molar-refractivity contribution < 1.29 is 9.18 Å². The van der Waals surface area contributed by atoms with Crippen molar-refractivity contribution in [1.29, 1.82) is 0 Å². The van der Waals surface area contributed by atoms with Crippen LogP contribution >= 0.6 is 0 Å². The van der Waals surface area contributed by atoms with Crippen molar-refractivity contribution in [3.05, 3.63) is 77.4 Å². The number of nitrogens with one attached hydrogen (secondary N) is 1. The van der Waals surface area contributed by atoms with E-state index in [4.69, 9.17) is 0 Å². The second-order valence-corrected chi connectivity index (χ2v) is 6.88. The number of benzene rings is 2. The van der Waals surface area contributed by atoms with Crippen molar-refractivity contribution in [2.45, 2.75) is 33.2 Å². The topological polar surface area (TPSA) is 46.9 Å². The molecule has 1 N–H and O–H groups in total. The van der Waals surface area contributed by atoms with Crippen LogP contribution in [0, 0.1) is 12.7 Å². The van der Waals surface area contributed by atoms with E-state index in [1.165, 1.54) is 6.07 Å². The van der Waals surface area contributed by atoms with Gasteiger partial charge in [-0.3, -0.25) is 9.48 Å². The van der Waals surface area contributed by atoms with Crippen molar-refractivity contribution in [3.63, 3.8) is 0 Å². The highest BCUT2D eigenvalue weighted by Crippen LogP contribution is 2.24. The maximum absolute atomic E-state index is 13.7. The van der Waals surface area contributed by atoms with Crippen LogP contribution in [0.2, 0.25) is 0 Å². The van der Waals surface area contributed by atoms with E-state index in [9.17, 15) is 9.18 Å². The van der Waals surface area contributed by atoms with E-state index in [1.54, 1.807) is 24.3 Å². The molecule has 140 valence electrons. The minimum absolute atomic E-state index is 0.165. The predicted octanol–water partition coefficient (Wildman–Crippen LogP) is 4.55. The van der Waals surface area contributed by atoms with E-state index in [2.05, 4.69) is 24.3 Å². The first-order valence-corrected chi connectivity index (χ1v) is 9.13. The van der Waals surface area contributed by atoms with Crippen LogP contribution in [0.1, 0.15) is 41.5 Å². The quantitative estimate of drug-likeness (QED) is 0.696. The van der Waals surface area contributed by atoms with Crippen molar-refractivity contribution >= 4 is 5.91 Å². The first-order valence-electron chi connectivity index (χ1n) is 9.13. The smallest absolute Gasteiger partial charge is 0.251 e. The molecule has 0 atom stereocenters. The highest BCUT2D eigenvalue weighted by molar-refractivity contribution is 5.95. The zero-order chi connectivity index (χ0) is 19.4. The minimum Gasteiger partial charge on any atom is -0.352 e. The lowest BCUT2D eigenvalue weighted by molar-refractivity contribution is 0.0954. The van der Waals surface area contributed by atoms with E-state index in [0.29, 0.717) is 24.1 Å². The van der Waals surface area contributed by atoms with Crippen LogP contribution in [0.4, 0.5) is 4.39 Å². The highest BCUT2D eigenvalue weighted by Gasteiger charge is 2.12. The molecule has 3 aromatic rings. The summed E-state index contributed by atoms with van der Waals surface area (Å²) < 4.78 is 15.6. The van der Waals surface area contributed by atoms with E-state index in [-0.39, 0.29) is 17.8 Å². The third-order valence-electron chi connectivity index (χ3n) is 4.52. The molecule has 0 saturated heterocycles. The van der Waals surface area contributed by atoms with Crippen LogP contribution in [-0.4, -0.2) is 22.2 Å². The molecule has 5 heteroatoms. The third kappa shape index (κ3) is 4.42. The fourth-order valence-corrected chi connectivity index (χ4v) is 2.97. The van der Waals surface area contributed by atoms with E-state index >= 15 is 0 Å². The molecule has 0 fully saturated rings. The average molecular weight is 365 g/mol. The summed E-state index contributed by atoms with van der Waals surface area (Å²) in [6, 6.07) is 14.4. The summed E-state index contributed by atoms with van der Waals surface area (Å²) in [5.41, 5.74) is 4.09. The molecular formula is C22H24FN3O. The molecule has 0 saturated carbocycles. The van der Waals surface area contributed by atoms with Gasteiger partial charge in [-0.15, -0.1) is 0 Å². The largest absolute Gasteiger partial charge is 0.352 e. The minimum atomic E-state index is -0.244. The Bertz CT molecular complexity index is 946. The van der Waals surface area contributed by atoms with Gasteiger partial charge in [-0.2, -0.15) is 5.10 Å². The van der Waals surface area contributed by atoms with Crippen LogP contribution in [0.25, 0.3) is 11.1 Å². The summed E-state index contributed by atoms with van der Waals surface area (Å²) in [6.45, 7) is 6.51. The van der Waals surface area contributed by atoms with Crippen LogP contribution in [0.15, 0.2) is 54.7 Å². The molecule has 0 aliphatic rings. The molecule has 1 amide bonds. The summed E-state index contributed by atoms with van der Waals surface area (Å²) in [5.74, 6) is -0.409. The van der Waals surface area contributed by atoms with Crippen molar-refractivity contribution in [2.75, 3.05) is 6.54 Å². The number of halogens is 1. The number of amides is 1. The summed E-state index contributed by atoms with van der Waals surface area (Å²) in [6.07, 6.45) is 2.47. The maximum atomic E-state index is 13.7. The van der Waals surface area contributed by atoms with Crippen molar-refractivity contribution in [3.8, 4) is 11.1 Å². The van der Waals surface area contributed by atoms with Crippen molar-refractivity contribution in [1.82, 2.24) is 15.1 Å². The number of hydrogen-bond acceptors (Lipinski definition) is 2. The number of nitrogens with zero attached hydrogens (tertiary/aromatic N) is 2. The molecule has 0 radical (unpaired) electrons. The van der Waals surface area contributed by atoms with Crippen LogP contribution in [0.5, 0.6) is 0 Å². The molecule has 1 heterocycles. The van der Waals surface area contributed by atoms with Gasteiger partial charge in [-0.25, -0.2) is 4.39 Å². The molecule has 0 aliphatic heterocycles. The van der Waals surface area contributed by atoms with Gasteiger partial charge in [-0.1, -0.05) is 30.3 Å². The Labute approximate surface area is 159 Å². The monoisotopic (exact) mass is 365 g/mol. The molecule has 0 bridgehead atoms. The van der Waals surface area contributed by atoms with Gasteiger partial charge in [0.05, 0.1) is 5.69 Å². The Balaban J connectivity index is 1.70. The third-order valence-corrected chi connectivity index (χ3v) is 4.52. The van der Waals surface area contributed by atoms with Gasteiger partial charge < -0.3 is 5.32 Å². The fraction of sp³-hybridized carbons (Fsp3) is 0.273. The van der Waals surface area contributed by atoms with E-state index in [1.807, 2.05) is 36.0 Å². The first kappa shape index (κ1) is 18.8. The van der Waals surface area contributed by atoms with Crippen molar-refractivity contribution in [2.24, 2.45) is 0 Å². The summed E-state index contributed by atoms with van der Waals surface area (Å²) in [5, 5.41) is 7.40. The maximum Gasteiger partial charge on any atom is 0.251 e. The molecule has 2 aromatic carbocycles. The normalized spacial score (nSPS) is 11.0. The Hall–Kier alpha value is -2.95. The summed E-state index contributed by atoms with van der Waals surface area (Å²) >= 11 is 0. The predicted molar refractivity (Wildman–Crippen MR) is 105 cm³/mol. The molecule has 0 aliphatic carbocycles. The number of hydrogen-bond donors (Lipinski definition) is 1. The standard InChI is InChI=1S/C22H24FN3O/c1-15(2)26-14-20(16(3)25-26)18-8-6-9-19(13-18)22(27)24-12-11-17-7-4-5-10-21(17)23/h4-10,13-15H,11-12H2,1-3H3,(H,24,27). The Morgan fingerprint density at radius 3 is 2.67 bits per heavy atom. The SMILES string of the molecule is Cc1nn(C(C)C)cc1-c1cccc(C(=O)NCCc2ccccc2F)c1. The zero-order valence-electron chi connectivity index (χ0n) is 15.9. The molecular weight excluding hydrogens is 341 g/mol. The first-order chi connectivity index (χ1) is 13.0.